The van der Waals surface area contributed by atoms with E-state index in [4.69, 9.17) is 23.2 Å². The second-order valence-electron chi connectivity index (χ2n) is 7.52. The maximum Gasteiger partial charge on any atom is 0.231 e. The van der Waals surface area contributed by atoms with Crippen LogP contribution >= 0.6 is 23.2 Å². The van der Waals surface area contributed by atoms with Gasteiger partial charge < -0.3 is 5.32 Å². The molecule has 1 fully saturated rings. The topological polar surface area (TPSA) is 69.7 Å². The molecule has 0 aliphatic carbocycles. The number of amides is 1. The lowest BCUT2D eigenvalue weighted by molar-refractivity contribution is -0.121. The lowest BCUT2D eigenvalue weighted by Gasteiger charge is -2.31. The van der Waals surface area contributed by atoms with Crippen LogP contribution in [-0.2, 0) is 21.4 Å². The van der Waals surface area contributed by atoms with E-state index >= 15 is 0 Å². The molecule has 0 saturated carbocycles. The average molecular weight is 470 g/mol. The van der Waals surface area contributed by atoms with E-state index in [1.807, 2.05) is 18.2 Å². The van der Waals surface area contributed by atoms with Gasteiger partial charge in [-0.05, 0) is 56.3 Å². The number of likely N-dealkylation sites (tertiary alicyclic amines) is 1. The number of piperidine rings is 1. The smallest absolute Gasteiger partial charge is 0.231 e. The van der Waals surface area contributed by atoms with Gasteiger partial charge >= 0.3 is 0 Å². The summed E-state index contributed by atoms with van der Waals surface area (Å²) in [4.78, 5) is 15.0. The Hall–Kier alpha value is -1.80. The lowest BCUT2D eigenvalue weighted by Crippen LogP contribution is -2.37. The van der Waals surface area contributed by atoms with Crippen LogP contribution in [0.15, 0.2) is 42.5 Å². The molecule has 1 saturated heterocycles. The molecule has 6 nitrogen and oxygen atoms in total. The number of hydrogen-bond donors (Lipinski definition) is 1. The third-order valence-corrected chi connectivity index (χ3v) is 7.29. The number of benzene rings is 2. The first-order valence-corrected chi connectivity index (χ1v) is 12.3. The summed E-state index contributed by atoms with van der Waals surface area (Å²) in [7, 11) is -1.88. The van der Waals surface area contributed by atoms with Gasteiger partial charge in [-0.2, -0.15) is 0 Å². The fourth-order valence-electron chi connectivity index (χ4n) is 3.48. The molecule has 162 valence electrons. The molecule has 0 aromatic heterocycles. The third kappa shape index (κ3) is 5.66. The summed E-state index contributed by atoms with van der Waals surface area (Å²) in [6.45, 7) is 2.21. The largest absolute Gasteiger partial charge is 0.326 e. The quantitative estimate of drug-likeness (QED) is 0.686. The Bertz CT molecular complexity index is 1000. The minimum absolute atomic E-state index is 0.0513. The molecule has 1 N–H and O–H groups in total. The van der Waals surface area contributed by atoms with Gasteiger partial charge in [0.1, 0.15) is 0 Å². The summed E-state index contributed by atoms with van der Waals surface area (Å²) in [5.41, 5.74) is 2.00. The average Bonchev–Trinajstić information content (AvgIpc) is 2.70. The van der Waals surface area contributed by atoms with Crippen molar-refractivity contribution in [3.8, 4) is 0 Å². The Kier molecular flexibility index (Phi) is 7.29. The van der Waals surface area contributed by atoms with Crippen molar-refractivity contribution in [2.45, 2.75) is 19.4 Å². The maximum atomic E-state index is 12.7. The number of sulfonamides is 1. The van der Waals surface area contributed by atoms with Crippen LogP contribution < -0.4 is 9.62 Å². The Morgan fingerprint density at radius 1 is 1.13 bits per heavy atom. The number of nitrogens with one attached hydrogen (secondary N) is 1. The standard InChI is InChI=1S/C21H25Cl2N3O3S/c1-25(30(2,28)29)17-6-3-5-16(13-17)24-21(27)15-9-11-26(12-10-15)14-18-19(22)7-4-8-20(18)23/h3-8,13,15H,9-12,14H2,1-2H3,(H,24,27). The molecular formula is C21H25Cl2N3O3S. The summed E-state index contributed by atoms with van der Waals surface area (Å²) >= 11 is 12.5. The van der Waals surface area contributed by atoms with Crippen LogP contribution in [-0.4, -0.2) is 45.6 Å². The molecule has 30 heavy (non-hydrogen) atoms. The van der Waals surface area contributed by atoms with Gasteiger partial charge in [0, 0.05) is 40.8 Å². The van der Waals surface area contributed by atoms with Gasteiger partial charge in [-0.1, -0.05) is 35.3 Å². The van der Waals surface area contributed by atoms with E-state index in [2.05, 4.69) is 10.2 Å². The first-order valence-electron chi connectivity index (χ1n) is 9.65. The van der Waals surface area contributed by atoms with E-state index in [0.29, 0.717) is 28.0 Å². The fraction of sp³-hybridized carbons (Fsp3) is 0.381. The van der Waals surface area contributed by atoms with Crippen LogP contribution in [0.4, 0.5) is 11.4 Å². The highest BCUT2D eigenvalue weighted by molar-refractivity contribution is 7.92. The second-order valence-corrected chi connectivity index (χ2v) is 10.3. The van der Waals surface area contributed by atoms with Crippen LogP contribution in [0.3, 0.4) is 0 Å². The van der Waals surface area contributed by atoms with Crippen molar-refractivity contribution in [3.63, 3.8) is 0 Å². The first-order chi connectivity index (χ1) is 14.1. The van der Waals surface area contributed by atoms with Crippen molar-refractivity contribution < 1.29 is 13.2 Å². The SMILES string of the molecule is CN(c1cccc(NC(=O)C2CCN(Cc3c(Cl)cccc3Cl)CC2)c1)S(C)(=O)=O. The number of anilines is 2. The highest BCUT2D eigenvalue weighted by atomic mass is 35.5. The van der Waals surface area contributed by atoms with Gasteiger partial charge in [0.2, 0.25) is 15.9 Å². The number of carbonyl (C=O) groups is 1. The summed E-state index contributed by atoms with van der Waals surface area (Å²) < 4.78 is 24.6. The molecule has 0 bridgehead atoms. The Morgan fingerprint density at radius 3 is 2.33 bits per heavy atom. The van der Waals surface area contributed by atoms with E-state index < -0.39 is 10.0 Å². The predicted octanol–water partition coefficient (Wildman–Crippen LogP) is 4.24. The number of carbonyl (C=O) groups excluding carboxylic acids is 1. The first kappa shape index (κ1) is 22.9. The van der Waals surface area contributed by atoms with Crippen molar-refractivity contribution >= 4 is 50.5 Å². The molecule has 1 aliphatic heterocycles. The highest BCUT2D eigenvalue weighted by Gasteiger charge is 2.26. The summed E-state index contributed by atoms with van der Waals surface area (Å²) in [6, 6.07) is 12.3. The highest BCUT2D eigenvalue weighted by Crippen LogP contribution is 2.28. The Morgan fingerprint density at radius 2 is 1.73 bits per heavy atom. The molecule has 0 unspecified atom stereocenters. The summed E-state index contributed by atoms with van der Waals surface area (Å²) in [6.07, 6.45) is 2.61. The molecule has 1 amide bonds. The third-order valence-electron chi connectivity index (χ3n) is 5.38. The lowest BCUT2D eigenvalue weighted by atomic mass is 9.95. The van der Waals surface area contributed by atoms with Crippen molar-refractivity contribution in [3.05, 3.63) is 58.1 Å². The second kappa shape index (κ2) is 9.56. The molecule has 1 heterocycles. The summed E-state index contributed by atoms with van der Waals surface area (Å²) in [5, 5.41) is 4.23. The maximum absolute atomic E-state index is 12.7. The molecule has 9 heteroatoms. The number of rotatable bonds is 6. The summed E-state index contributed by atoms with van der Waals surface area (Å²) in [5.74, 6) is -0.149. The Balaban J connectivity index is 1.57. The van der Waals surface area contributed by atoms with Crippen molar-refractivity contribution in [2.75, 3.05) is 36.0 Å². The normalized spacial score (nSPS) is 15.7. The fourth-order valence-corrected chi connectivity index (χ4v) is 4.49. The van der Waals surface area contributed by atoms with Crippen LogP contribution in [0, 0.1) is 5.92 Å². The zero-order valence-electron chi connectivity index (χ0n) is 16.9. The van der Waals surface area contributed by atoms with Crippen molar-refractivity contribution in [1.29, 1.82) is 0 Å². The van der Waals surface area contributed by atoms with E-state index in [1.165, 1.54) is 11.4 Å². The number of nitrogens with zero attached hydrogens (tertiary/aromatic N) is 2. The van der Waals surface area contributed by atoms with E-state index in [0.717, 1.165) is 37.8 Å². The van der Waals surface area contributed by atoms with Gasteiger partial charge in [-0.25, -0.2) is 8.42 Å². The molecule has 2 aromatic carbocycles. The zero-order valence-corrected chi connectivity index (χ0v) is 19.3. The van der Waals surface area contributed by atoms with Gasteiger partial charge in [0.15, 0.2) is 0 Å². The van der Waals surface area contributed by atoms with E-state index in [9.17, 15) is 13.2 Å². The monoisotopic (exact) mass is 469 g/mol. The molecular weight excluding hydrogens is 445 g/mol. The van der Waals surface area contributed by atoms with Gasteiger partial charge in [-0.3, -0.25) is 14.0 Å². The molecule has 2 aromatic rings. The predicted molar refractivity (Wildman–Crippen MR) is 123 cm³/mol. The molecule has 0 atom stereocenters. The minimum atomic E-state index is -3.36. The van der Waals surface area contributed by atoms with Crippen LogP contribution in [0.25, 0.3) is 0 Å². The van der Waals surface area contributed by atoms with Crippen molar-refractivity contribution in [2.24, 2.45) is 5.92 Å². The Labute approximate surface area is 187 Å². The zero-order chi connectivity index (χ0) is 21.9. The van der Waals surface area contributed by atoms with Gasteiger partial charge in [-0.15, -0.1) is 0 Å². The van der Waals surface area contributed by atoms with Crippen LogP contribution in [0.5, 0.6) is 0 Å². The van der Waals surface area contributed by atoms with Gasteiger partial charge in [0.05, 0.1) is 11.9 Å². The molecule has 3 rings (SSSR count). The van der Waals surface area contributed by atoms with Crippen molar-refractivity contribution in [1.82, 2.24) is 4.90 Å². The molecule has 1 aliphatic rings. The van der Waals surface area contributed by atoms with Crippen LogP contribution in [0.2, 0.25) is 10.0 Å². The minimum Gasteiger partial charge on any atom is -0.326 e. The van der Waals surface area contributed by atoms with E-state index in [-0.39, 0.29) is 11.8 Å². The van der Waals surface area contributed by atoms with Gasteiger partial charge in [0.25, 0.3) is 0 Å². The van der Waals surface area contributed by atoms with Crippen LogP contribution in [0.1, 0.15) is 18.4 Å². The molecule has 0 spiro atoms. The number of hydrogen-bond acceptors (Lipinski definition) is 4. The molecule has 0 radical (unpaired) electrons. The van der Waals surface area contributed by atoms with E-state index in [1.54, 1.807) is 24.3 Å². The number of halogens is 2.